The van der Waals surface area contributed by atoms with Gasteiger partial charge in [0.25, 0.3) is 0 Å². The zero-order chi connectivity index (χ0) is 71.8. The average Bonchev–Trinajstić information content (AvgIpc) is 1.04. The van der Waals surface area contributed by atoms with Gasteiger partial charge in [-0.2, -0.15) is 0 Å². The van der Waals surface area contributed by atoms with Crippen LogP contribution in [0.5, 0.6) is 0 Å². The Bertz CT molecular complexity index is 2380. The van der Waals surface area contributed by atoms with Crippen LogP contribution in [0.15, 0.2) is 134 Å². The van der Waals surface area contributed by atoms with E-state index in [-0.39, 0.29) is 25.7 Å². The van der Waals surface area contributed by atoms with Crippen LogP contribution in [0.1, 0.15) is 285 Å². The first kappa shape index (κ1) is 93.2. The second kappa shape index (κ2) is 70.6. The van der Waals surface area contributed by atoms with E-state index in [1.165, 1.54) is 70.6 Å². The zero-order valence-electron chi connectivity index (χ0n) is 60.9. The number of carbonyl (C=O) groups is 4. The highest BCUT2D eigenvalue weighted by molar-refractivity contribution is 7.47. The molecule has 98 heavy (non-hydrogen) atoms. The van der Waals surface area contributed by atoms with Crippen LogP contribution >= 0.6 is 15.6 Å². The highest BCUT2D eigenvalue weighted by Crippen LogP contribution is 2.45. The fourth-order valence-electron chi connectivity index (χ4n) is 9.50. The van der Waals surface area contributed by atoms with Gasteiger partial charge in [-0.25, -0.2) is 9.13 Å². The van der Waals surface area contributed by atoms with Gasteiger partial charge in [0.05, 0.1) is 32.8 Å². The van der Waals surface area contributed by atoms with Gasteiger partial charge < -0.3 is 33.8 Å². The lowest BCUT2D eigenvalue weighted by molar-refractivity contribution is -0.161. The maximum absolute atomic E-state index is 13.1. The molecule has 0 aliphatic carbocycles. The molecule has 0 saturated heterocycles. The molecule has 19 heteroatoms. The third kappa shape index (κ3) is 69.7. The Morgan fingerprint density at radius 1 is 0.306 bits per heavy atom. The molecule has 0 rings (SSSR count). The Labute approximate surface area is 593 Å². The Hall–Kier alpha value is -4.80. The minimum Gasteiger partial charge on any atom is -0.462 e. The van der Waals surface area contributed by atoms with Crippen molar-refractivity contribution >= 4 is 39.5 Å². The molecule has 0 aliphatic rings. The van der Waals surface area contributed by atoms with E-state index >= 15 is 0 Å². The summed E-state index contributed by atoms with van der Waals surface area (Å²) in [6.07, 6.45) is 77.7. The van der Waals surface area contributed by atoms with Gasteiger partial charge in [0.2, 0.25) is 0 Å². The third-order valence-electron chi connectivity index (χ3n) is 15.1. The first-order valence-electron chi connectivity index (χ1n) is 37.4. The first-order chi connectivity index (χ1) is 47.7. The van der Waals surface area contributed by atoms with E-state index in [9.17, 15) is 43.2 Å². The van der Waals surface area contributed by atoms with Crippen LogP contribution in [-0.2, 0) is 65.4 Å². The van der Waals surface area contributed by atoms with Gasteiger partial charge in [-0.3, -0.25) is 37.3 Å². The van der Waals surface area contributed by atoms with Crippen LogP contribution in [0.2, 0.25) is 0 Å². The summed E-state index contributed by atoms with van der Waals surface area (Å²) in [6.45, 7) is 4.39. The number of esters is 4. The van der Waals surface area contributed by atoms with E-state index in [0.717, 1.165) is 128 Å². The summed E-state index contributed by atoms with van der Waals surface area (Å²) in [5, 5.41) is 10.6. The van der Waals surface area contributed by atoms with Crippen molar-refractivity contribution in [3.63, 3.8) is 0 Å². The number of hydrogen-bond acceptors (Lipinski definition) is 15. The molecule has 5 unspecified atom stereocenters. The van der Waals surface area contributed by atoms with E-state index in [0.29, 0.717) is 32.1 Å². The van der Waals surface area contributed by atoms with Crippen molar-refractivity contribution in [3.8, 4) is 0 Å². The van der Waals surface area contributed by atoms with Crippen molar-refractivity contribution in [3.05, 3.63) is 134 Å². The topological polar surface area (TPSA) is 237 Å². The van der Waals surface area contributed by atoms with Crippen LogP contribution < -0.4 is 0 Å². The molecule has 0 amide bonds. The van der Waals surface area contributed by atoms with Gasteiger partial charge in [-0.05, 0) is 116 Å². The molecule has 0 aromatic heterocycles. The van der Waals surface area contributed by atoms with Crippen LogP contribution in [0.3, 0.4) is 0 Å². The molecular weight excluding hydrogens is 1280 g/mol. The molecule has 0 spiro atoms. The molecule has 17 nitrogen and oxygen atoms in total. The number of aliphatic hydroxyl groups excluding tert-OH is 1. The monoisotopic (exact) mass is 1410 g/mol. The molecule has 0 fully saturated rings. The first-order valence-corrected chi connectivity index (χ1v) is 40.4. The Balaban J connectivity index is 5.45. The second-order valence-electron chi connectivity index (χ2n) is 24.5. The largest absolute Gasteiger partial charge is 0.472 e. The average molecular weight is 1420 g/mol. The van der Waals surface area contributed by atoms with Crippen LogP contribution in [0, 0.1) is 0 Å². The molecule has 0 aromatic rings. The number of rotatable bonds is 69. The summed E-state index contributed by atoms with van der Waals surface area (Å²) < 4.78 is 68.2. The van der Waals surface area contributed by atoms with Crippen LogP contribution in [-0.4, -0.2) is 96.7 Å². The molecule has 0 saturated carbocycles. The molecule has 0 aliphatic heterocycles. The third-order valence-corrected chi connectivity index (χ3v) is 17.0. The molecule has 0 radical (unpaired) electrons. The number of allylic oxidation sites excluding steroid dienone is 21. The van der Waals surface area contributed by atoms with Gasteiger partial charge in [0, 0.05) is 19.3 Å². The predicted octanol–water partition coefficient (Wildman–Crippen LogP) is 21.3. The van der Waals surface area contributed by atoms with E-state index in [1.54, 1.807) is 6.08 Å². The number of phosphoric ester groups is 2. The summed E-state index contributed by atoms with van der Waals surface area (Å²) >= 11 is 0. The van der Waals surface area contributed by atoms with Crippen molar-refractivity contribution in [2.24, 2.45) is 0 Å². The lowest BCUT2D eigenvalue weighted by Gasteiger charge is -2.21. The number of ether oxygens (including phenoxy) is 4. The summed E-state index contributed by atoms with van der Waals surface area (Å²) in [5.74, 6) is -2.39. The molecular formula is C79H132O17P2. The maximum atomic E-state index is 13.1. The van der Waals surface area contributed by atoms with Crippen LogP contribution in [0.4, 0.5) is 0 Å². The van der Waals surface area contributed by atoms with Gasteiger partial charge in [0.1, 0.15) is 19.3 Å². The van der Waals surface area contributed by atoms with Crippen LogP contribution in [0.25, 0.3) is 0 Å². The van der Waals surface area contributed by atoms with Crippen molar-refractivity contribution in [1.82, 2.24) is 0 Å². The van der Waals surface area contributed by atoms with Crippen molar-refractivity contribution in [2.75, 3.05) is 39.6 Å². The number of aliphatic hydroxyl groups is 1. The summed E-state index contributed by atoms with van der Waals surface area (Å²) in [6, 6.07) is 0. The highest BCUT2D eigenvalue weighted by atomic mass is 31.2. The molecule has 3 N–H and O–H groups in total. The van der Waals surface area contributed by atoms with Crippen molar-refractivity contribution < 1.29 is 80.2 Å². The minimum atomic E-state index is -5.01. The lowest BCUT2D eigenvalue weighted by atomic mass is 10.0. The van der Waals surface area contributed by atoms with Crippen molar-refractivity contribution in [1.29, 1.82) is 0 Å². The van der Waals surface area contributed by atoms with Crippen molar-refractivity contribution in [2.45, 2.75) is 303 Å². The zero-order valence-corrected chi connectivity index (χ0v) is 62.7. The van der Waals surface area contributed by atoms with E-state index in [1.807, 2.05) is 24.3 Å². The number of carbonyl (C=O) groups excluding carboxylic acids is 4. The SMILES string of the molecule is CC/C=C\C/C=C\C/C=C\C/C=C\C/C=C\CC(=O)OCC(COP(=O)(O)OCC(O)COP(=O)(O)OCC(COC(=O)CCCCCCCCCCCCCCCCC)OC(=O)CCCCCCC/C=C\C/C=C\CCC)OC(=O)CCCC/C=C\C/C=C\C/C=C\C/C=C\CC. The quantitative estimate of drug-likeness (QED) is 0.0169. The summed E-state index contributed by atoms with van der Waals surface area (Å²) in [5.41, 5.74) is 0. The van der Waals surface area contributed by atoms with Gasteiger partial charge in [0.15, 0.2) is 12.2 Å². The smallest absolute Gasteiger partial charge is 0.462 e. The van der Waals surface area contributed by atoms with Gasteiger partial charge in [-0.15, -0.1) is 0 Å². The molecule has 0 aromatic carbocycles. The lowest BCUT2D eigenvalue weighted by Crippen LogP contribution is -2.30. The van der Waals surface area contributed by atoms with E-state index in [4.69, 9.17) is 37.0 Å². The Kier molecular flexibility index (Phi) is 67.2. The highest BCUT2D eigenvalue weighted by Gasteiger charge is 2.30. The summed E-state index contributed by atoms with van der Waals surface area (Å²) in [4.78, 5) is 72.7. The van der Waals surface area contributed by atoms with E-state index in [2.05, 4.69) is 131 Å². The van der Waals surface area contributed by atoms with E-state index < -0.39 is 97.5 Å². The Morgan fingerprint density at radius 2 is 0.592 bits per heavy atom. The maximum Gasteiger partial charge on any atom is 0.472 e. The number of hydrogen-bond donors (Lipinski definition) is 3. The molecule has 560 valence electrons. The predicted molar refractivity (Wildman–Crippen MR) is 399 cm³/mol. The number of phosphoric acid groups is 2. The molecule has 5 atom stereocenters. The van der Waals surface area contributed by atoms with Gasteiger partial charge in [-0.1, -0.05) is 277 Å². The Morgan fingerprint density at radius 3 is 0.969 bits per heavy atom. The molecule has 0 bridgehead atoms. The normalized spacial score (nSPS) is 14.7. The number of unbranched alkanes of at least 4 members (excludes halogenated alkanes) is 22. The fraction of sp³-hybridized carbons (Fsp3) is 0.671. The standard InChI is InChI=1S/C79H132O17P2/c1-5-9-13-17-21-25-29-33-36-40-43-47-51-55-59-63-76(81)89-69-74(95-78(83)65-61-57-53-49-45-39-32-28-24-20-16-12-8-4)71-93-97(85,86)91-67-73(80)68-92-98(87,88)94-72-75(96-79(84)66-62-58-54-50-46-42-38-35-31-27-23-19-15-11-7-3)70-90-77(82)64-60-56-52-48-44-41-37-34-30-26-22-18-14-10-6-2/h10-11,14-16,20,22-23,26-28,32,34-35,37-38,44,46,48,50,56,60,73-75,80H,5-9,12-13,17-19,21,24-25,29-31,33,36,39-43,45,47,49,51-55,57-59,61-72H2,1-4H3,(H,85,86)(H,87,88)/b14-10-,15-11-,20-16-,26-22-,27-23-,32-28-,37-34-,38-35-,48-44-,50-46-,60-56-. The second-order valence-corrected chi connectivity index (χ2v) is 27.4. The fourth-order valence-corrected chi connectivity index (χ4v) is 11.1. The minimum absolute atomic E-state index is 0.0196. The molecule has 0 heterocycles. The van der Waals surface area contributed by atoms with Gasteiger partial charge >= 0.3 is 39.5 Å². The summed E-state index contributed by atoms with van der Waals surface area (Å²) in [7, 11) is -9.99.